The first-order valence-corrected chi connectivity index (χ1v) is 8.86. The maximum Gasteiger partial charge on any atom is 0.142 e. The minimum Gasteiger partial charge on any atom is -0.383 e. The highest BCUT2D eigenvalue weighted by Crippen LogP contribution is 2.36. The lowest BCUT2D eigenvalue weighted by molar-refractivity contribution is 0.922. The second-order valence-corrected chi connectivity index (χ2v) is 6.72. The molecule has 0 amide bonds. The summed E-state index contributed by atoms with van der Waals surface area (Å²) in [6.45, 7) is 4.22. The van der Waals surface area contributed by atoms with Gasteiger partial charge in [-0.15, -0.1) is 11.3 Å². The molecule has 3 rings (SSSR count). The largest absolute Gasteiger partial charge is 0.383 e. The molecule has 0 unspecified atom stereocenters. The molecule has 0 aliphatic rings. The van der Waals surface area contributed by atoms with E-state index in [-0.39, 0.29) is 5.82 Å². The summed E-state index contributed by atoms with van der Waals surface area (Å²) in [4.78, 5) is 5.52. The highest BCUT2D eigenvalue weighted by molar-refractivity contribution is 7.13. The van der Waals surface area contributed by atoms with E-state index in [1.54, 1.807) is 11.3 Å². The highest BCUT2D eigenvalue weighted by atomic mass is 32.1. The Kier molecular flexibility index (Phi) is 4.64. The van der Waals surface area contributed by atoms with Crippen LogP contribution in [-0.2, 0) is 6.42 Å². The Morgan fingerprint density at radius 1 is 1.21 bits per heavy atom. The molecule has 2 N–H and O–H groups in total. The molecule has 0 aliphatic heterocycles. The number of benzene rings is 1. The molecule has 0 atom stereocenters. The molecule has 2 aromatic heterocycles. The van der Waals surface area contributed by atoms with Crippen molar-refractivity contribution in [3.63, 3.8) is 0 Å². The van der Waals surface area contributed by atoms with Crippen LogP contribution in [0.25, 0.3) is 21.7 Å². The minimum absolute atomic E-state index is 0.287. The smallest absolute Gasteiger partial charge is 0.142 e. The van der Waals surface area contributed by atoms with Crippen molar-refractivity contribution >= 4 is 17.2 Å². The topological polar surface area (TPSA) is 62.7 Å². The van der Waals surface area contributed by atoms with E-state index in [1.165, 1.54) is 5.56 Å². The predicted octanol–water partition coefficient (Wildman–Crippen LogP) is 5.19. The van der Waals surface area contributed by atoms with E-state index in [0.29, 0.717) is 5.56 Å². The maximum atomic E-state index is 9.48. The van der Waals surface area contributed by atoms with Crippen LogP contribution in [0, 0.1) is 18.3 Å². The van der Waals surface area contributed by atoms with Gasteiger partial charge in [-0.1, -0.05) is 37.6 Å². The number of hydrogen-bond acceptors (Lipinski definition) is 4. The quantitative estimate of drug-likeness (QED) is 0.714. The number of thiophene rings is 1. The molecule has 0 bridgehead atoms. The first kappa shape index (κ1) is 16.2. The first-order chi connectivity index (χ1) is 11.6. The number of aryl methyl sites for hydroxylation is 2. The summed E-state index contributed by atoms with van der Waals surface area (Å²) < 4.78 is 0. The van der Waals surface area contributed by atoms with Crippen molar-refractivity contribution in [1.29, 1.82) is 5.26 Å². The number of nitriles is 1. The van der Waals surface area contributed by atoms with Crippen LogP contribution >= 0.6 is 11.3 Å². The Labute approximate surface area is 146 Å². The first-order valence-electron chi connectivity index (χ1n) is 7.98. The van der Waals surface area contributed by atoms with Crippen LogP contribution in [0.3, 0.4) is 0 Å². The number of hydrogen-bond donors (Lipinski definition) is 1. The Morgan fingerprint density at radius 3 is 2.54 bits per heavy atom. The van der Waals surface area contributed by atoms with E-state index < -0.39 is 0 Å². The van der Waals surface area contributed by atoms with Crippen molar-refractivity contribution in [2.75, 3.05) is 5.73 Å². The van der Waals surface area contributed by atoms with Crippen molar-refractivity contribution in [2.24, 2.45) is 0 Å². The van der Waals surface area contributed by atoms with Gasteiger partial charge >= 0.3 is 0 Å². The van der Waals surface area contributed by atoms with Crippen LogP contribution in [0.1, 0.15) is 30.0 Å². The number of aromatic nitrogens is 1. The van der Waals surface area contributed by atoms with Gasteiger partial charge in [-0.2, -0.15) is 5.26 Å². The number of pyridine rings is 1. The summed E-state index contributed by atoms with van der Waals surface area (Å²) in [6.07, 6.45) is 2.20. The zero-order valence-electron chi connectivity index (χ0n) is 13.8. The minimum atomic E-state index is 0.287. The van der Waals surface area contributed by atoms with Crippen molar-refractivity contribution < 1.29 is 0 Å². The third-order valence-electron chi connectivity index (χ3n) is 4.05. The maximum absolute atomic E-state index is 9.48. The van der Waals surface area contributed by atoms with Crippen LogP contribution in [0.15, 0.2) is 41.8 Å². The van der Waals surface area contributed by atoms with Crippen molar-refractivity contribution in [2.45, 2.75) is 26.7 Å². The summed E-state index contributed by atoms with van der Waals surface area (Å²) in [5, 5.41) is 11.5. The summed E-state index contributed by atoms with van der Waals surface area (Å²) >= 11 is 1.62. The molecule has 0 fully saturated rings. The molecule has 3 nitrogen and oxygen atoms in total. The average Bonchev–Trinajstić information content (AvgIpc) is 3.01. The standard InChI is InChI=1S/C20H19N3S/c1-3-4-14-5-7-15(8-6-14)18-11-16(17(12-21)20(22)23-18)19-13(2)9-10-24-19/h5-11H,3-4H2,1-2H3,(H2,22,23). The van der Waals surface area contributed by atoms with E-state index in [1.807, 2.05) is 18.4 Å². The molecule has 24 heavy (non-hydrogen) atoms. The van der Waals surface area contributed by atoms with Crippen molar-refractivity contribution in [3.05, 3.63) is 58.5 Å². The molecule has 2 heterocycles. The van der Waals surface area contributed by atoms with Gasteiger partial charge in [0.2, 0.25) is 0 Å². The second-order valence-electron chi connectivity index (χ2n) is 5.81. The zero-order chi connectivity index (χ0) is 17.1. The number of nitrogens with zero attached hydrogens (tertiary/aromatic N) is 2. The zero-order valence-corrected chi connectivity index (χ0v) is 14.7. The van der Waals surface area contributed by atoms with Crippen LogP contribution in [0.4, 0.5) is 5.82 Å². The van der Waals surface area contributed by atoms with Crippen LogP contribution in [0.5, 0.6) is 0 Å². The molecule has 4 heteroatoms. The van der Waals surface area contributed by atoms with Gasteiger partial charge in [0.05, 0.1) is 5.69 Å². The van der Waals surface area contributed by atoms with Gasteiger partial charge in [-0.25, -0.2) is 4.98 Å². The summed E-state index contributed by atoms with van der Waals surface area (Å²) in [5.41, 5.74) is 11.7. The van der Waals surface area contributed by atoms with Crippen LogP contribution in [-0.4, -0.2) is 4.98 Å². The molecular weight excluding hydrogens is 314 g/mol. The average molecular weight is 333 g/mol. The van der Waals surface area contributed by atoms with Gasteiger partial charge in [-0.3, -0.25) is 0 Å². The molecular formula is C20H19N3S. The molecule has 1 aromatic carbocycles. The third kappa shape index (κ3) is 3.04. The SMILES string of the molecule is CCCc1ccc(-c2cc(-c3sccc3C)c(C#N)c(N)n2)cc1. The Morgan fingerprint density at radius 2 is 1.96 bits per heavy atom. The van der Waals surface area contributed by atoms with Crippen LogP contribution in [0.2, 0.25) is 0 Å². The molecule has 0 saturated carbocycles. The normalized spacial score (nSPS) is 10.5. The number of anilines is 1. The van der Waals surface area contributed by atoms with Crippen molar-refractivity contribution in [3.8, 4) is 27.8 Å². The Hall–Kier alpha value is -2.64. The molecule has 3 aromatic rings. The Bertz CT molecular complexity index is 902. The van der Waals surface area contributed by atoms with E-state index in [2.05, 4.69) is 48.3 Å². The van der Waals surface area contributed by atoms with Gasteiger partial charge in [0.1, 0.15) is 17.5 Å². The van der Waals surface area contributed by atoms with Crippen molar-refractivity contribution in [1.82, 2.24) is 4.98 Å². The number of nitrogens with two attached hydrogens (primary N) is 1. The lowest BCUT2D eigenvalue weighted by Crippen LogP contribution is -1.99. The summed E-state index contributed by atoms with van der Waals surface area (Å²) in [6, 6.07) is 14.6. The fourth-order valence-electron chi connectivity index (χ4n) is 2.79. The Balaban J connectivity index is 2.12. The molecule has 0 spiro atoms. The monoisotopic (exact) mass is 333 g/mol. The molecule has 0 radical (unpaired) electrons. The lowest BCUT2D eigenvalue weighted by atomic mass is 10.0. The number of nitrogen functional groups attached to an aromatic ring is 1. The van der Waals surface area contributed by atoms with E-state index >= 15 is 0 Å². The predicted molar refractivity (Wildman–Crippen MR) is 101 cm³/mol. The number of rotatable bonds is 4. The van der Waals surface area contributed by atoms with E-state index in [4.69, 9.17) is 5.73 Å². The molecule has 0 aliphatic carbocycles. The summed E-state index contributed by atoms with van der Waals surface area (Å²) in [7, 11) is 0. The highest BCUT2D eigenvalue weighted by Gasteiger charge is 2.15. The third-order valence-corrected chi connectivity index (χ3v) is 5.10. The van der Waals surface area contributed by atoms with Gasteiger partial charge in [-0.05, 0) is 42.0 Å². The molecule has 120 valence electrons. The van der Waals surface area contributed by atoms with Gasteiger partial charge in [0.25, 0.3) is 0 Å². The van der Waals surface area contributed by atoms with Crippen LogP contribution < -0.4 is 5.73 Å². The van der Waals surface area contributed by atoms with Gasteiger partial charge in [0.15, 0.2) is 0 Å². The van der Waals surface area contributed by atoms with Gasteiger partial charge in [0, 0.05) is 16.0 Å². The molecule has 0 saturated heterocycles. The fourth-order valence-corrected chi connectivity index (χ4v) is 3.74. The van der Waals surface area contributed by atoms with E-state index in [0.717, 1.165) is 40.1 Å². The van der Waals surface area contributed by atoms with Gasteiger partial charge < -0.3 is 5.73 Å². The second kappa shape index (κ2) is 6.86. The summed E-state index contributed by atoms with van der Waals surface area (Å²) in [5.74, 6) is 0.287. The fraction of sp³-hybridized carbons (Fsp3) is 0.200. The lowest BCUT2D eigenvalue weighted by Gasteiger charge is -2.10. The van der Waals surface area contributed by atoms with E-state index in [9.17, 15) is 5.26 Å².